The Labute approximate surface area is 175 Å². The van der Waals surface area contributed by atoms with Gasteiger partial charge in [-0.3, -0.25) is 0 Å². The van der Waals surface area contributed by atoms with Gasteiger partial charge in [-0.15, -0.1) is 21.5 Å². The van der Waals surface area contributed by atoms with Gasteiger partial charge in [0, 0.05) is 27.9 Å². The molecule has 28 heavy (non-hydrogen) atoms. The lowest BCUT2D eigenvalue weighted by molar-refractivity contribution is 0.391. The Morgan fingerprint density at radius 2 is 2.04 bits per heavy atom. The van der Waals surface area contributed by atoms with Crippen molar-refractivity contribution < 1.29 is 4.52 Å². The number of thioether (sulfide) groups is 1. The third-order valence-corrected chi connectivity index (χ3v) is 6.51. The van der Waals surface area contributed by atoms with Gasteiger partial charge in [-0.25, -0.2) is 0 Å². The number of halogens is 1. The van der Waals surface area contributed by atoms with Crippen molar-refractivity contribution in [3.8, 4) is 11.4 Å². The highest BCUT2D eigenvalue weighted by molar-refractivity contribution is 7.98. The minimum absolute atomic E-state index is 0.514. The highest BCUT2D eigenvalue weighted by Gasteiger charge is 2.30. The second kappa shape index (κ2) is 7.69. The summed E-state index contributed by atoms with van der Waals surface area (Å²) in [5, 5.41) is 16.6. The summed E-state index contributed by atoms with van der Waals surface area (Å²) < 4.78 is 7.69. The highest BCUT2D eigenvalue weighted by atomic mass is 35.5. The zero-order valence-electron chi connectivity index (χ0n) is 14.8. The van der Waals surface area contributed by atoms with Gasteiger partial charge in [0.1, 0.15) is 5.82 Å². The van der Waals surface area contributed by atoms with Crippen LogP contribution in [0.4, 0.5) is 0 Å². The van der Waals surface area contributed by atoms with E-state index in [2.05, 4.69) is 42.4 Å². The summed E-state index contributed by atoms with van der Waals surface area (Å²) in [6.07, 6.45) is 3.19. The predicted octanol–water partition coefficient (Wildman–Crippen LogP) is 5.26. The third kappa shape index (κ3) is 3.85. The number of nitrogens with zero attached hydrogens (tertiary/aromatic N) is 5. The molecule has 1 fully saturated rings. The molecule has 1 aromatic carbocycles. The van der Waals surface area contributed by atoms with Crippen molar-refractivity contribution in [2.45, 2.75) is 36.2 Å². The fraction of sp³-hybridized carbons (Fsp3) is 0.263. The van der Waals surface area contributed by atoms with Crippen molar-refractivity contribution in [1.29, 1.82) is 0 Å². The Bertz CT molecular complexity index is 1070. The van der Waals surface area contributed by atoms with Gasteiger partial charge in [0.2, 0.25) is 11.7 Å². The monoisotopic (exact) mass is 429 g/mol. The largest absolute Gasteiger partial charge is 0.338 e. The van der Waals surface area contributed by atoms with Gasteiger partial charge in [-0.1, -0.05) is 34.6 Å². The van der Waals surface area contributed by atoms with Gasteiger partial charge < -0.3 is 9.09 Å². The molecule has 0 amide bonds. The van der Waals surface area contributed by atoms with Crippen LogP contribution < -0.4 is 0 Å². The van der Waals surface area contributed by atoms with Gasteiger partial charge in [-0.2, -0.15) is 4.98 Å². The minimum atomic E-state index is 0.514. The first-order valence-electron chi connectivity index (χ1n) is 8.94. The average molecular weight is 430 g/mol. The number of hydrogen-bond donors (Lipinski definition) is 0. The van der Waals surface area contributed by atoms with Crippen molar-refractivity contribution in [2.75, 3.05) is 0 Å². The quantitative estimate of drug-likeness (QED) is 0.373. The molecule has 5 rings (SSSR count). The number of aromatic nitrogens is 5. The van der Waals surface area contributed by atoms with Crippen LogP contribution in [-0.2, 0) is 12.2 Å². The van der Waals surface area contributed by atoms with Crippen LogP contribution in [-0.4, -0.2) is 24.9 Å². The van der Waals surface area contributed by atoms with Crippen LogP contribution in [0.15, 0.2) is 51.5 Å². The van der Waals surface area contributed by atoms with Gasteiger partial charge in [0.05, 0.1) is 5.75 Å². The smallest absolute Gasteiger partial charge is 0.237 e. The molecule has 0 unspecified atom stereocenters. The number of hydrogen-bond acceptors (Lipinski definition) is 7. The molecule has 0 atom stereocenters. The fourth-order valence-electron chi connectivity index (χ4n) is 2.95. The van der Waals surface area contributed by atoms with E-state index in [0.29, 0.717) is 28.5 Å². The van der Waals surface area contributed by atoms with Gasteiger partial charge >= 0.3 is 0 Å². The summed E-state index contributed by atoms with van der Waals surface area (Å²) >= 11 is 9.27. The topological polar surface area (TPSA) is 69.6 Å². The molecule has 6 nitrogen and oxygen atoms in total. The number of thiophene rings is 1. The Morgan fingerprint density at radius 1 is 1.18 bits per heavy atom. The average Bonchev–Trinajstić information content (AvgIpc) is 3.11. The Morgan fingerprint density at radius 3 is 2.79 bits per heavy atom. The molecule has 9 heteroatoms. The Balaban J connectivity index is 1.30. The van der Waals surface area contributed by atoms with Crippen LogP contribution in [0.3, 0.4) is 0 Å². The first kappa shape index (κ1) is 17.9. The first-order chi connectivity index (χ1) is 13.8. The van der Waals surface area contributed by atoms with Crippen molar-refractivity contribution in [2.24, 2.45) is 0 Å². The maximum Gasteiger partial charge on any atom is 0.237 e. The molecule has 0 N–H and O–H groups in total. The molecule has 3 heterocycles. The lowest BCUT2D eigenvalue weighted by Gasteiger charge is -2.07. The van der Waals surface area contributed by atoms with E-state index in [0.717, 1.165) is 23.0 Å². The molecule has 4 aromatic rings. The zero-order chi connectivity index (χ0) is 18.9. The van der Waals surface area contributed by atoms with Gasteiger partial charge in [0.15, 0.2) is 5.16 Å². The van der Waals surface area contributed by atoms with Crippen LogP contribution in [0, 0.1) is 0 Å². The van der Waals surface area contributed by atoms with Crippen molar-refractivity contribution in [3.63, 3.8) is 0 Å². The number of rotatable bonds is 7. The van der Waals surface area contributed by atoms with Crippen LogP contribution >= 0.6 is 34.7 Å². The molecule has 0 bridgehead atoms. The van der Waals surface area contributed by atoms with E-state index >= 15 is 0 Å². The van der Waals surface area contributed by atoms with Crippen LogP contribution in [0.1, 0.15) is 35.5 Å². The minimum Gasteiger partial charge on any atom is -0.338 e. The predicted molar refractivity (Wildman–Crippen MR) is 110 cm³/mol. The summed E-state index contributed by atoms with van der Waals surface area (Å²) in [6.45, 7) is 0. The molecule has 1 aliphatic rings. The lowest BCUT2D eigenvalue weighted by atomic mass is 10.2. The Hall–Kier alpha value is -2.16. The Kier molecular flexibility index (Phi) is 4.92. The molecule has 1 saturated carbocycles. The van der Waals surface area contributed by atoms with Crippen molar-refractivity contribution in [3.05, 3.63) is 63.4 Å². The van der Waals surface area contributed by atoms with E-state index < -0.39 is 0 Å². The van der Waals surface area contributed by atoms with Crippen LogP contribution in [0.25, 0.3) is 11.4 Å². The summed E-state index contributed by atoms with van der Waals surface area (Å²) in [7, 11) is 0. The van der Waals surface area contributed by atoms with E-state index in [4.69, 9.17) is 16.1 Å². The molecule has 0 saturated heterocycles. The molecular formula is C19H16ClN5OS2. The molecular weight excluding hydrogens is 414 g/mol. The van der Waals surface area contributed by atoms with E-state index in [1.54, 1.807) is 23.1 Å². The normalized spacial score (nSPS) is 13.9. The second-order valence-corrected chi connectivity index (χ2v) is 8.97. The van der Waals surface area contributed by atoms with Gasteiger partial charge in [0.25, 0.3) is 0 Å². The lowest BCUT2D eigenvalue weighted by Crippen LogP contribution is -2.03. The molecule has 0 aliphatic heterocycles. The van der Waals surface area contributed by atoms with Gasteiger partial charge in [-0.05, 0) is 48.6 Å². The zero-order valence-corrected chi connectivity index (χ0v) is 17.2. The maximum atomic E-state index is 5.93. The van der Waals surface area contributed by atoms with Crippen LogP contribution in [0.2, 0.25) is 5.02 Å². The maximum absolute atomic E-state index is 5.93. The highest BCUT2D eigenvalue weighted by Crippen LogP contribution is 2.39. The summed E-state index contributed by atoms with van der Waals surface area (Å²) in [5.74, 6) is 2.72. The second-order valence-electron chi connectivity index (χ2n) is 6.56. The van der Waals surface area contributed by atoms with Crippen molar-refractivity contribution in [1.82, 2.24) is 24.9 Å². The standard InChI is InChI=1S/C19H16ClN5OS2/c20-13-5-3-12(4-6-13)18-21-17(26-24-18)11-28-19-23-22-16(25(19)14-7-8-14)10-15-2-1-9-27-15/h1-6,9,14H,7-8,10-11H2. The molecule has 0 spiro atoms. The summed E-state index contributed by atoms with van der Waals surface area (Å²) in [4.78, 5) is 5.79. The SMILES string of the molecule is Clc1ccc(-c2noc(CSc3nnc(Cc4cccs4)n3C3CC3)n2)cc1. The molecule has 1 aliphatic carbocycles. The molecule has 142 valence electrons. The van der Waals surface area contributed by atoms with E-state index in [9.17, 15) is 0 Å². The number of benzene rings is 1. The third-order valence-electron chi connectivity index (χ3n) is 4.45. The summed E-state index contributed by atoms with van der Waals surface area (Å²) in [6, 6.07) is 12.1. The van der Waals surface area contributed by atoms with E-state index in [1.807, 2.05) is 24.3 Å². The first-order valence-corrected chi connectivity index (χ1v) is 11.2. The van der Waals surface area contributed by atoms with Crippen molar-refractivity contribution >= 4 is 34.7 Å². The molecule has 3 aromatic heterocycles. The fourth-order valence-corrected chi connectivity index (χ4v) is 4.64. The summed E-state index contributed by atoms with van der Waals surface area (Å²) in [5.41, 5.74) is 0.879. The van der Waals surface area contributed by atoms with E-state index in [1.165, 1.54) is 17.7 Å². The molecule has 0 radical (unpaired) electrons. The van der Waals surface area contributed by atoms with E-state index in [-0.39, 0.29) is 0 Å². The van der Waals surface area contributed by atoms with Crippen LogP contribution in [0.5, 0.6) is 0 Å².